The summed E-state index contributed by atoms with van der Waals surface area (Å²) in [5, 5.41) is 12.7. The molecule has 0 bridgehead atoms. The number of carbonyl (C=O) groups is 2. The van der Waals surface area contributed by atoms with E-state index in [2.05, 4.69) is 20.7 Å². The maximum Gasteiger partial charge on any atom is 0.235 e. The van der Waals surface area contributed by atoms with E-state index >= 15 is 0 Å². The van der Waals surface area contributed by atoms with Gasteiger partial charge in [0.1, 0.15) is 18.1 Å². The Balaban J connectivity index is 1.39. The molecule has 3 heterocycles. The highest BCUT2D eigenvalue weighted by Crippen LogP contribution is 2.36. The lowest BCUT2D eigenvalue weighted by Gasteiger charge is -2.26. The van der Waals surface area contributed by atoms with Gasteiger partial charge in [0.2, 0.25) is 11.8 Å². The first-order valence-electron chi connectivity index (χ1n) is 10.4. The van der Waals surface area contributed by atoms with Gasteiger partial charge in [0, 0.05) is 39.1 Å². The molecule has 30 heavy (non-hydrogen) atoms. The minimum Gasteiger partial charge on any atom is -0.492 e. The topological polar surface area (TPSA) is 96.7 Å². The number of ether oxygens (including phenoxy) is 1. The number of benzene rings is 2. The zero-order valence-corrected chi connectivity index (χ0v) is 16.6. The van der Waals surface area contributed by atoms with E-state index in [1.54, 1.807) is 0 Å². The molecule has 3 aromatic rings. The second kappa shape index (κ2) is 8.04. The van der Waals surface area contributed by atoms with E-state index in [0.717, 1.165) is 54.6 Å². The smallest absolute Gasteiger partial charge is 0.235 e. The van der Waals surface area contributed by atoms with Crippen molar-refractivity contribution in [2.75, 3.05) is 39.3 Å². The SMILES string of the molecule is O=C1CC[C@@H](c2noc3ccc4cc(OCCN5CCNCC5)ccc4c23)C(=O)N1. The highest BCUT2D eigenvalue weighted by atomic mass is 16.5. The molecule has 5 rings (SSSR count). The fraction of sp³-hybridized carbons (Fsp3) is 0.409. The van der Waals surface area contributed by atoms with Crippen molar-refractivity contribution in [3.63, 3.8) is 0 Å². The number of fused-ring (bicyclic) bond motifs is 3. The lowest BCUT2D eigenvalue weighted by Crippen LogP contribution is -2.44. The number of hydrogen-bond acceptors (Lipinski definition) is 7. The van der Waals surface area contributed by atoms with Crippen LogP contribution >= 0.6 is 0 Å². The molecule has 1 aromatic heterocycles. The van der Waals surface area contributed by atoms with Crippen molar-refractivity contribution in [2.24, 2.45) is 0 Å². The first-order chi connectivity index (χ1) is 14.7. The van der Waals surface area contributed by atoms with E-state index < -0.39 is 5.92 Å². The molecule has 1 atom stereocenters. The van der Waals surface area contributed by atoms with Crippen LogP contribution in [0.5, 0.6) is 5.75 Å². The molecule has 8 nitrogen and oxygen atoms in total. The summed E-state index contributed by atoms with van der Waals surface area (Å²) < 4.78 is 11.5. The largest absolute Gasteiger partial charge is 0.492 e. The lowest BCUT2D eigenvalue weighted by atomic mass is 9.91. The van der Waals surface area contributed by atoms with Crippen molar-refractivity contribution >= 4 is 33.6 Å². The van der Waals surface area contributed by atoms with E-state index in [9.17, 15) is 9.59 Å². The molecule has 8 heteroatoms. The van der Waals surface area contributed by atoms with Gasteiger partial charge in [0.15, 0.2) is 5.58 Å². The van der Waals surface area contributed by atoms with Crippen LogP contribution in [0.3, 0.4) is 0 Å². The zero-order valence-electron chi connectivity index (χ0n) is 16.6. The Kier molecular flexibility index (Phi) is 5.10. The summed E-state index contributed by atoms with van der Waals surface area (Å²) in [6.07, 6.45) is 0.747. The van der Waals surface area contributed by atoms with Crippen molar-refractivity contribution in [1.29, 1.82) is 0 Å². The Labute approximate surface area is 173 Å². The minimum atomic E-state index is -0.482. The fourth-order valence-corrected chi connectivity index (χ4v) is 4.28. The summed E-state index contributed by atoms with van der Waals surface area (Å²) in [5.41, 5.74) is 1.22. The first-order valence-corrected chi connectivity index (χ1v) is 10.4. The number of imide groups is 1. The first kappa shape index (κ1) is 19.0. The summed E-state index contributed by atoms with van der Waals surface area (Å²) in [4.78, 5) is 26.2. The number of piperidine rings is 1. The van der Waals surface area contributed by atoms with Crippen LogP contribution < -0.4 is 15.4 Å². The van der Waals surface area contributed by atoms with E-state index in [0.29, 0.717) is 30.7 Å². The molecule has 2 N–H and O–H groups in total. The number of amides is 2. The van der Waals surface area contributed by atoms with Gasteiger partial charge < -0.3 is 14.6 Å². The molecule has 0 unspecified atom stereocenters. The van der Waals surface area contributed by atoms with E-state index in [-0.39, 0.29) is 11.8 Å². The summed E-state index contributed by atoms with van der Waals surface area (Å²) in [5.74, 6) is -0.219. The third kappa shape index (κ3) is 3.64. The predicted octanol–water partition coefficient (Wildman–Crippen LogP) is 1.79. The Morgan fingerprint density at radius 3 is 2.87 bits per heavy atom. The van der Waals surface area contributed by atoms with E-state index in [1.807, 2.05) is 30.3 Å². The predicted molar refractivity (Wildman–Crippen MR) is 111 cm³/mol. The number of carbonyl (C=O) groups excluding carboxylic acids is 2. The molecule has 2 saturated heterocycles. The van der Waals surface area contributed by atoms with Gasteiger partial charge in [-0.3, -0.25) is 19.8 Å². The average molecular weight is 408 g/mol. The minimum absolute atomic E-state index is 0.239. The van der Waals surface area contributed by atoms with Crippen LogP contribution in [0.25, 0.3) is 21.7 Å². The van der Waals surface area contributed by atoms with Gasteiger partial charge in [-0.1, -0.05) is 11.2 Å². The highest BCUT2D eigenvalue weighted by Gasteiger charge is 2.32. The number of hydrogen-bond donors (Lipinski definition) is 2. The van der Waals surface area contributed by atoms with Crippen LogP contribution in [0.4, 0.5) is 0 Å². The molecule has 0 saturated carbocycles. The van der Waals surface area contributed by atoms with Crippen LogP contribution in [0.1, 0.15) is 24.5 Å². The van der Waals surface area contributed by atoms with Gasteiger partial charge in [-0.15, -0.1) is 0 Å². The Hall–Kier alpha value is -2.97. The second-order valence-corrected chi connectivity index (χ2v) is 7.83. The molecular formula is C22H24N4O4. The zero-order chi connectivity index (χ0) is 20.5. The van der Waals surface area contributed by atoms with Gasteiger partial charge in [-0.05, 0) is 41.5 Å². The molecule has 0 radical (unpaired) electrons. The quantitative estimate of drug-likeness (QED) is 0.621. The van der Waals surface area contributed by atoms with Crippen molar-refractivity contribution in [3.05, 3.63) is 36.0 Å². The van der Waals surface area contributed by atoms with Gasteiger partial charge in [0.25, 0.3) is 0 Å². The number of nitrogens with one attached hydrogen (secondary N) is 2. The Morgan fingerprint density at radius 1 is 1.17 bits per heavy atom. The molecule has 2 amide bonds. The molecule has 0 spiro atoms. The summed E-state index contributed by atoms with van der Waals surface area (Å²) >= 11 is 0. The molecular weight excluding hydrogens is 384 g/mol. The van der Waals surface area contributed by atoms with E-state index in [1.165, 1.54) is 0 Å². The van der Waals surface area contributed by atoms with Gasteiger partial charge in [-0.25, -0.2) is 0 Å². The van der Waals surface area contributed by atoms with Crippen LogP contribution in [0.2, 0.25) is 0 Å². The van der Waals surface area contributed by atoms with Crippen molar-refractivity contribution < 1.29 is 18.8 Å². The standard InChI is InChI=1S/C22H24N4O4/c27-19-6-4-17(22(28)24-19)21-20-16-3-2-15(13-14(16)1-5-18(20)30-25-21)29-12-11-26-9-7-23-8-10-26/h1-3,5,13,17,23H,4,6-12H2,(H,24,27,28)/t17-/m0/s1. The molecule has 2 aliphatic rings. The van der Waals surface area contributed by atoms with E-state index in [4.69, 9.17) is 9.26 Å². The van der Waals surface area contributed by atoms with Gasteiger partial charge >= 0.3 is 0 Å². The van der Waals surface area contributed by atoms with Crippen LogP contribution in [-0.4, -0.2) is 61.2 Å². The van der Waals surface area contributed by atoms with Crippen LogP contribution in [0, 0.1) is 0 Å². The molecule has 0 aliphatic carbocycles. The maximum atomic E-state index is 12.3. The van der Waals surface area contributed by atoms with Gasteiger partial charge in [0.05, 0.1) is 11.3 Å². The highest BCUT2D eigenvalue weighted by molar-refractivity contribution is 6.10. The molecule has 156 valence electrons. The van der Waals surface area contributed by atoms with Crippen LogP contribution in [0.15, 0.2) is 34.9 Å². The Bertz CT molecular complexity index is 1100. The summed E-state index contributed by atoms with van der Waals surface area (Å²) in [6.45, 7) is 5.71. The number of rotatable bonds is 5. The number of nitrogens with zero attached hydrogens (tertiary/aromatic N) is 2. The third-order valence-electron chi connectivity index (χ3n) is 5.91. The third-order valence-corrected chi connectivity index (χ3v) is 5.91. The van der Waals surface area contributed by atoms with Crippen molar-refractivity contribution in [3.8, 4) is 5.75 Å². The monoisotopic (exact) mass is 408 g/mol. The average Bonchev–Trinajstić information content (AvgIpc) is 3.19. The fourth-order valence-electron chi connectivity index (χ4n) is 4.28. The normalized spacial score (nSPS) is 20.6. The van der Waals surface area contributed by atoms with Gasteiger partial charge in [-0.2, -0.15) is 0 Å². The van der Waals surface area contributed by atoms with Crippen molar-refractivity contribution in [2.45, 2.75) is 18.8 Å². The van der Waals surface area contributed by atoms with Crippen LogP contribution in [-0.2, 0) is 9.59 Å². The molecule has 2 aromatic carbocycles. The second-order valence-electron chi connectivity index (χ2n) is 7.83. The number of piperazine rings is 1. The summed E-state index contributed by atoms with van der Waals surface area (Å²) in [6, 6.07) is 9.78. The number of aromatic nitrogens is 1. The lowest BCUT2D eigenvalue weighted by molar-refractivity contribution is -0.134. The van der Waals surface area contributed by atoms with Crippen molar-refractivity contribution in [1.82, 2.24) is 20.7 Å². The molecule has 2 fully saturated rings. The summed E-state index contributed by atoms with van der Waals surface area (Å²) in [7, 11) is 0. The Morgan fingerprint density at radius 2 is 2.03 bits per heavy atom. The maximum absolute atomic E-state index is 12.3. The molecule has 2 aliphatic heterocycles.